The number of aromatic nitrogens is 1. The first-order valence-corrected chi connectivity index (χ1v) is 5.10. The van der Waals surface area contributed by atoms with Gasteiger partial charge in [-0.1, -0.05) is 15.9 Å². The lowest BCUT2D eigenvalue weighted by atomic mass is 10.1. The first-order valence-electron chi connectivity index (χ1n) is 4.30. The molecule has 1 heterocycles. The fourth-order valence-corrected chi connectivity index (χ4v) is 1.78. The monoisotopic (exact) mass is 267 g/mol. The van der Waals surface area contributed by atoms with Gasteiger partial charge in [0.1, 0.15) is 5.82 Å². The molecule has 0 unspecified atom stereocenters. The van der Waals surface area contributed by atoms with E-state index in [1.54, 1.807) is 24.5 Å². The number of benzene rings is 1. The molecule has 0 atom stereocenters. The van der Waals surface area contributed by atoms with Gasteiger partial charge in [-0.25, -0.2) is 4.39 Å². The Morgan fingerprint density at radius 3 is 2.67 bits per heavy atom. The Bertz CT molecular complexity index is 473. The van der Waals surface area contributed by atoms with E-state index in [0.717, 1.165) is 0 Å². The van der Waals surface area contributed by atoms with Crippen molar-refractivity contribution >= 4 is 21.7 Å². The smallest absolute Gasteiger partial charge is 0.194 e. The molecule has 0 radical (unpaired) electrons. The lowest BCUT2D eigenvalue weighted by molar-refractivity contribution is 0.103. The van der Waals surface area contributed by atoms with Crippen LogP contribution in [0.15, 0.2) is 41.1 Å². The maximum absolute atomic E-state index is 13.0. The van der Waals surface area contributed by atoms with Crippen molar-refractivity contribution in [3.63, 3.8) is 0 Å². The van der Waals surface area contributed by atoms with Crippen molar-refractivity contribution in [2.24, 2.45) is 0 Å². The Morgan fingerprint density at radius 2 is 2.07 bits per heavy atom. The van der Waals surface area contributed by atoms with Crippen LogP contribution in [0.3, 0.4) is 0 Å². The average molecular weight is 268 g/mol. The van der Waals surface area contributed by atoms with Crippen LogP contribution in [0.1, 0.15) is 15.9 Å². The summed E-state index contributed by atoms with van der Waals surface area (Å²) >= 11 is 3.14. The summed E-state index contributed by atoms with van der Waals surface area (Å²) in [5.74, 6) is -0.625. The average Bonchev–Trinajstić information content (AvgIpc) is 2.67. The number of carbonyl (C=O) groups excluding carboxylic acids is 1. The molecular formula is C11H7BrFNO. The van der Waals surface area contributed by atoms with Crippen molar-refractivity contribution in [3.05, 3.63) is 58.1 Å². The third-order valence-corrected chi connectivity index (χ3v) is 2.44. The van der Waals surface area contributed by atoms with Gasteiger partial charge in [0.15, 0.2) is 5.78 Å². The molecule has 2 nitrogen and oxygen atoms in total. The second-order valence-electron chi connectivity index (χ2n) is 3.09. The number of ketones is 1. The minimum Gasteiger partial charge on any atom is -0.367 e. The summed E-state index contributed by atoms with van der Waals surface area (Å²) in [6.45, 7) is 0. The molecule has 0 saturated heterocycles. The molecular weight excluding hydrogens is 261 g/mol. The van der Waals surface area contributed by atoms with E-state index in [1.807, 2.05) is 0 Å². The van der Waals surface area contributed by atoms with E-state index in [-0.39, 0.29) is 5.78 Å². The Labute approximate surface area is 94.3 Å². The number of H-pyrrole nitrogens is 1. The molecule has 2 aromatic rings. The molecule has 1 N–H and O–H groups in total. The second kappa shape index (κ2) is 3.98. The SMILES string of the molecule is O=C(c1cc[nH]c1)c1cc(F)cc(Br)c1. The van der Waals surface area contributed by atoms with E-state index in [4.69, 9.17) is 0 Å². The van der Waals surface area contributed by atoms with Gasteiger partial charge in [0.2, 0.25) is 0 Å². The molecule has 0 aliphatic carbocycles. The van der Waals surface area contributed by atoms with Crippen molar-refractivity contribution in [1.82, 2.24) is 4.98 Å². The van der Waals surface area contributed by atoms with Gasteiger partial charge in [-0.3, -0.25) is 4.79 Å². The molecule has 0 saturated carbocycles. The normalized spacial score (nSPS) is 10.3. The summed E-state index contributed by atoms with van der Waals surface area (Å²) < 4.78 is 13.6. The standard InChI is InChI=1S/C11H7BrFNO/c12-9-3-8(4-10(13)5-9)11(15)7-1-2-14-6-7/h1-6,14H. The van der Waals surface area contributed by atoms with Crippen LogP contribution in [0.25, 0.3) is 0 Å². The first kappa shape index (κ1) is 10.1. The van der Waals surface area contributed by atoms with E-state index < -0.39 is 5.82 Å². The first-order chi connectivity index (χ1) is 7.16. The number of aromatic amines is 1. The highest BCUT2D eigenvalue weighted by atomic mass is 79.9. The third-order valence-electron chi connectivity index (χ3n) is 1.98. The van der Waals surface area contributed by atoms with Crippen LogP contribution in [0.2, 0.25) is 0 Å². The largest absolute Gasteiger partial charge is 0.367 e. The molecule has 15 heavy (non-hydrogen) atoms. The van der Waals surface area contributed by atoms with Crippen molar-refractivity contribution < 1.29 is 9.18 Å². The quantitative estimate of drug-likeness (QED) is 0.834. The molecule has 0 fully saturated rings. The molecule has 0 aliphatic rings. The number of halogens is 2. The summed E-state index contributed by atoms with van der Waals surface area (Å²) in [5, 5.41) is 0. The Balaban J connectivity index is 2.42. The maximum Gasteiger partial charge on any atom is 0.194 e. The Hall–Kier alpha value is -1.42. The van der Waals surface area contributed by atoms with Gasteiger partial charge in [0, 0.05) is 28.0 Å². The van der Waals surface area contributed by atoms with Crippen LogP contribution in [0.4, 0.5) is 4.39 Å². The lowest BCUT2D eigenvalue weighted by Crippen LogP contribution is -2.00. The summed E-state index contributed by atoms with van der Waals surface area (Å²) in [7, 11) is 0. The van der Waals surface area contributed by atoms with E-state index in [0.29, 0.717) is 15.6 Å². The number of carbonyl (C=O) groups is 1. The van der Waals surface area contributed by atoms with Gasteiger partial charge in [0.25, 0.3) is 0 Å². The predicted octanol–water partition coefficient (Wildman–Crippen LogP) is 3.15. The fourth-order valence-electron chi connectivity index (χ4n) is 1.32. The molecule has 76 valence electrons. The molecule has 0 bridgehead atoms. The van der Waals surface area contributed by atoms with Crippen molar-refractivity contribution in [1.29, 1.82) is 0 Å². The topological polar surface area (TPSA) is 32.9 Å². The summed E-state index contributed by atoms with van der Waals surface area (Å²) in [4.78, 5) is 14.6. The molecule has 0 spiro atoms. The minimum atomic E-state index is -0.428. The lowest BCUT2D eigenvalue weighted by Gasteiger charge is -1.99. The highest BCUT2D eigenvalue weighted by Gasteiger charge is 2.10. The van der Waals surface area contributed by atoms with Gasteiger partial charge in [-0.15, -0.1) is 0 Å². The highest BCUT2D eigenvalue weighted by molar-refractivity contribution is 9.10. The summed E-state index contributed by atoms with van der Waals surface area (Å²) in [6.07, 6.45) is 3.24. The number of rotatable bonds is 2. The van der Waals surface area contributed by atoms with Crippen LogP contribution in [0, 0.1) is 5.82 Å². The molecule has 0 amide bonds. The molecule has 1 aromatic heterocycles. The highest BCUT2D eigenvalue weighted by Crippen LogP contribution is 2.17. The van der Waals surface area contributed by atoms with E-state index in [9.17, 15) is 9.18 Å². The van der Waals surface area contributed by atoms with Gasteiger partial charge < -0.3 is 4.98 Å². The zero-order valence-electron chi connectivity index (χ0n) is 7.63. The molecule has 1 aromatic carbocycles. The maximum atomic E-state index is 13.0. The van der Waals surface area contributed by atoms with Crippen LogP contribution < -0.4 is 0 Å². The zero-order chi connectivity index (χ0) is 10.8. The van der Waals surface area contributed by atoms with Crippen LogP contribution in [0.5, 0.6) is 0 Å². The van der Waals surface area contributed by atoms with Crippen LogP contribution in [-0.2, 0) is 0 Å². The second-order valence-corrected chi connectivity index (χ2v) is 4.00. The Kier molecular flexibility index (Phi) is 2.68. The van der Waals surface area contributed by atoms with Gasteiger partial charge in [-0.05, 0) is 24.3 Å². The molecule has 4 heteroatoms. The molecule has 0 aliphatic heterocycles. The Morgan fingerprint density at radius 1 is 1.27 bits per heavy atom. The molecule has 2 rings (SSSR count). The van der Waals surface area contributed by atoms with Gasteiger partial charge >= 0.3 is 0 Å². The van der Waals surface area contributed by atoms with E-state index in [1.165, 1.54) is 12.1 Å². The van der Waals surface area contributed by atoms with Crippen LogP contribution in [-0.4, -0.2) is 10.8 Å². The van der Waals surface area contributed by atoms with Crippen molar-refractivity contribution in [2.75, 3.05) is 0 Å². The fraction of sp³-hybridized carbons (Fsp3) is 0. The summed E-state index contributed by atoms with van der Waals surface area (Å²) in [6, 6.07) is 5.79. The summed E-state index contributed by atoms with van der Waals surface area (Å²) in [5.41, 5.74) is 0.856. The third kappa shape index (κ3) is 2.15. The number of nitrogens with one attached hydrogen (secondary N) is 1. The van der Waals surface area contributed by atoms with Crippen molar-refractivity contribution in [2.45, 2.75) is 0 Å². The zero-order valence-corrected chi connectivity index (χ0v) is 9.21. The van der Waals surface area contributed by atoms with Crippen molar-refractivity contribution in [3.8, 4) is 0 Å². The number of hydrogen-bond donors (Lipinski definition) is 1. The van der Waals surface area contributed by atoms with Crippen LogP contribution >= 0.6 is 15.9 Å². The predicted molar refractivity (Wildman–Crippen MR) is 58.3 cm³/mol. The van der Waals surface area contributed by atoms with E-state index in [2.05, 4.69) is 20.9 Å². The van der Waals surface area contributed by atoms with Gasteiger partial charge in [-0.2, -0.15) is 0 Å². The van der Waals surface area contributed by atoms with E-state index >= 15 is 0 Å². The number of hydrogen-bond acceptors (Lipinski definition) is 1. The van der Waals surface area contributed by atoms with Gasteiger partial charge in [0.05, 0.1) is 0 Å². The minimum absolute atomic E-state index is 0.198.